The second kappa shape index (κ2) is 11.2. The Balaban J connectivity index is 1.51. The zero-order chi connectivity index (χ0) is 22.9. The topological polar surface area (TPSA) is 114 Å². The number of benzene rings is 2. The molecule has 0 fully saturated rings. The predicted octanol–water partition coefficient (Wildman–Crippen LogP) is 3.89. The molecule has 0 saturated carbocycles. The highest BCUT2D eigenvalue weighted by Crippen LogP contribution is 2.44. The molecular formula is C24H28N2O6. The molecular weight excluding hydrogens is 412 g/mol. The van der Waals surface area contributed by atoms with Crippen LogP contribution in [0, 0.1) is 0 Å². The number of rotatable bonds is 10. The maximum Gasteiger partial charge on any atom is 0.407 e. The van der Waals surface area contributed by atoms with Crippen LogP contribution < -0.4 is 10.6 Å². The van der Waals surface area contributed by atoms with Crippen LogP contribution in [0.5, 0.6) is 0 Å². The van der Waals surface area contributed by atoms with Gasteiger partial charge in [-0.2, -0.15) is 0 Å². The molecule has 1 aliphatic rings. The Morgan fingerprint density at radius 2 is 1.59 bits per heavy atom. The van der Waals surface area contributed by atoms with E-state index in [0.717, 1.165) is 35.1 Å². The Hall–Kier alpha value is -3.55. The van der Waals surface area contributed by atoms with E-state index in [1.165, 1.54) is 0 Å². The molecule has 0 spiro atoms. The fraction of sp³-hybridized carbons (Fsp3) is 0.375. The van der Waals surface area contributed by atoms with Crippen molar-refractivity contribution >= 4 is 18.2 Å². The van der Waals surface area contributed by atoms with Gasteiger partial charge in [0.05, 0.1) is 6.61 Å². The Bertz CT molecular complexity index is 916. The van der Waals surface area contributed by atoms with Crippen molar-refractivity contribution in [1.29, 1.82) is 0 Å². The number of ether oxygens (including phenoxy) is 2. The maximum atomic E-state index is 12.3. The minimum absolute atomic E-state index is 0.00239. The highest BCUT2D eigenvalue weighted by molar-refractivity contribution is 5.81. The Kier molecular flexibility index (Phi) is 8.08. The molecule has 0 aliphatic heterocycles. The van der Waals surface area contributed by atoms with Crippen molar-refractivity contribution in [1.82, 2.24) is 10.6 Å². The van der Waals surface area contributed by atoms with E-state index in [2.05, 4.69) is 10.6 Å². The van der Waals surface area contributed by atoms with E-state index in [9.17, 15) is 19.5 Å². The van der Waals surface area contributed by atoms with Crippen molar-refractivity contribution in [2.45, 2.75) is 38.1 Å². The number of unbranched alkanes of at least 4 members (excludes halogenated alkanes) is 1. The van der Waals surface area contributed by atoms with Crippen LogP contribution in [0.2, 0.25) is 0 Å². The number of nitrogens with one attached hydrogen (secondary N) is 2. The number of carboxylic acids is 1. The van der Waals surface area contributed by atoms with E-state index in [-0.39, 0.29) is 25.5 Å². The third-order valence-corrected chi connectivity index (χ3v) is 5.37. The summed E-state index contributed by atoms with van der Waals surface area (Å²) in [4.78, 5) is 35.3. The summed E-state index contributed by atoms with van der Waals surface area (Å²) in [6, 6.07) is 14.7. The van der Waals surface area contributed by atoms with Gasteiger partial charge >= 0.3 is 18.2 Å². The van der Waals surface area contributed by atoms with Crippen molar-refractivity contribution in [3.8, 4) is 11.1 Å². The molecule has 170 valence electrons. The standard InChI is InChI=1S/C24H28N2O6/c1-2-3-14-31-23(29)25-13-12-21(22(27)28)26-24(30)32-15-20-18-10-6-4-8-16(18)17-9-5-7-11-19(17)20/h4-11,20-21H,2-3,12-15H2,1H3,(H,25,29)(H,26,30)(H,27,28). The first kappa shape index (κ1) is 23.1. The first-order chi connectivity index (χ1) is 15.5. The van der Waals surface area contributed by atoms with Gasteiger partial charge in [-0.05, 0) is 35.1 Å². The van der Waals surface area contributed by atoms with Crippen LogP contribution in [-0.4, -0.2) is 49.1 Å². The van der Waals surface area contributed by atoms with Gasteiger partial charge in [-0.25, -0.2) is 14.4 Å². The van der Waals surface area contributed by atoms with E-state index in [4.69, 9.17) is 9.47 Å². The van der Waals surface area contributed by atoms with Crippen LogP contribution >= 0.6 is 0 Å². The molecule has 8 nitrogen and oxygen atoms in total. The van der Waals surface area contributed by atoms with Crippen LogP contribution in [0.1, 0.15) is 43.2 Å². The fourth-order valence-corrected chi connectivity index (χ4v) is 3.72. The molecule has 3 N–H and O–H groups in total. The third-order valence-electron chi connectivity index (χ3n) is 5.37. The number of carbonyl (C=O) groups is 3. The van der Waals surface area contributed by atoms with Crippen LogP contribution in [-0.2, 0) is 14.3 Å². The number of amides is 2. The number of alkyl carbamates (subject to hydrolysis) is 2. The van der Waals surface area contributed by atoms with E-state index in [1.54, 1.807) is 0 Å². The van der Waals surface area contributed by atoms with E-state index < -0.39 is 24.2 Å². The fourth-order valence-electron chi connectivity index (χ4n) is 3.72. The molecule has 2 aromatic carbocycles. The lowest BCUT2D eigenvalue weighted by molar-refractivity contribution is -0.139. The summed E-state index contributed by atoms with van der Waals surface area (Å²) in [6.07, 6.45) is 0.239. The summed E-state index contributed by atoms with van der Waals surface area (Å²) in [7, 11) is 0. The minimum Gasteiger partial charge on any atom is -0.480 e. The Morgan fingerprint density at radius 3 is 2.19 bits per heavy atom. The molecule has 2 aromatic rings. The Labute approximate surface area is 186 Å². The van der Waals surface area contributed by atoms with Gasteiger partial charge in [0.25, 0.3) is 0 Å². The molecule has 1 atom stereocenters. The SMILES string of the molecule is CCCCOC(=O)NCCC(NC(=O)OCC1c2ccccc2-c2ccccc21)C(=O)O. The summed E-state index contributed by atoms with van der Waals surface area (Å²) in [5, 5.41) is 14.2. The molecule has 2 amide bonds. The second-order valence-electron chi connectivity index (χ2n) is 7.57. The van der Waals surface area contributed by atoms with Crippen LogP contribution in [0.4, 0.5) is 9.59 Å². The second-order valence-corrected chi connectivity index (χ2v) is 7.57. The summed E-state index contributed by atoms with van der Waals surface area (Å²) < 4.78 is 10.3. The first-order valence-corrected chi connectivity index (χ1v) is 10.8. The predicted molar refractivity (Wildman–Crippen MR) is 119 cm³/mol. The van der Waals surface area contributed by atoms with Gasteiger partial charge in [0, 0.05) is 12.5 Å². The quantitative estimate of drug-likeness (QED) is 0.483. The molecule has 8 heteroatoms. The van der Waals surface area contributed by atoms with E-state index >= 15 is 0 Å². The monoisotopic (exact) mass is 440 g/mol. The average molecular weight is 440 g/mol. The maximum absolute atomic E-state index is 12.3. The Morgan fingerprint density at radius 1 is 0.969 bits per heavy atom. The summed E-state index contributed by atoms with van der Waals surface area (Å²) in [5.41, 5.74) is 4.36. The molecule has 32 heavy (non-hydrogen) atoms. The largest absolute Gasteiger partial charge is 0.480 e. The summed E-state index contributed by atoms with van der Waals surface area (Å²) in [6.45, 7) is 2.43. The number of carboxylic acid groups (broad SMARTS) is 1. The van der Waals surface area contributed by atoms with Gasteiger partial charge in [-0.3, -0.25) is 0 Å². The number of fused-ring (bicyclic) bond motifs is 3. The number of hydrogen-bond donors (Lipinski definition) is 3. The van der Waals surface area contributed by atoms with Crippen molar-refractivity contribution in [3.63, 3.8) is 0 Å². The molecule has 0 radical (unpaired) electrons. The lowest BCUT2D eigenvalue weighted by Gasteiger charge is -2.17. The molecule has 0 aromatic heterocycles. The zero-order valence-corrected chi connectivity index (χ0v) is 18.0. The minimum atomic E-state index is -1.21. The molecule has 3 rings (SSSR count). The first-order valence-electron chi connectivity index (χ1n) is 10.8. The molecule has 1 aliphatic carbocycles. The van der Waals surface area contributed by atoms with Gasteiger partial charge in [-0.15, -0.1) is 0 Å². The van der Waals surface area contributed by atoms with Gasteiger partial charge < -0.3 is 25.2 Å². The number of aliphatic carboxylic acids is 1. The van der Waals surface area contributed by atoms with E-state index in [1.807, 2.05) is 55.5 Å². The highest BCUT2D eigenvalue weighted by atomic mass is 16.6. The lowest BCUT2D eigenvalue weighted by Crippen LogP contribution is -2.43. The van der Waals surface area contributed by atoms with Gasteiger partial charge in [0.1, 0.15) is 12.6 Å². The van der Waals surface area contributed by atoms with Crippen molar-refractivity contribution in [3.05, 3.63) is 59.7 Å². The molecule has 0 saturated heterocycles. The van der Waals surface area contributed by atoms with Gasteiger partial charge in [0.15, 0.2) is 0 Å². The van der Waals surface area contributed by atoms with Gasteiger partial charge in [-0.1, -0.05) is 61.9 Å². The molecule has 0 heterocycles. The van der Waals surface area contributed by atoms with Crippen LogP contribution in [0.3, 0.4) is 0 Å². The smallest absolute Gasteiger partial charge is 0.407 e. The highest BCUT2D eigenvalue weighted by Gasteiger charge is 2.29. The lowest BCUT2D eigenvalue weighted by atomic mass is 9.98. The summed E-state index contributed by atoms with van der Waals surface area (Å²) in [5.74, 6) is -1.32. The van der Waals surface area contributed by atoms with Crippen LogP contribution in [0.15, 0.2) is 48.5 Å². The molecule has 1 unspecified atom stereocenters. The number of carbonyl (C=O) groups excluding carboxylic acids is 2. The normalized spacial score (nSPS) is 12.9. The van der Waals surface area contributed by atoms with Gasteiger partial charge in [0.2, 0.25) is 0 Å². The summed E-state index contributed by atoms with van der Waals surface area (Å²) >= 11 is 0. The molecule has 0 bridgehead atoms. The average Bonchev–Trinajstić information content (AvgIpc) is 3.11. The number of hydrogen-bond acceptors (Lipinski definition) is 5. The van der Waals surface area contributed by atoms with Crippen molar-refractivity contribution in [2.24, 2.45) is 0 Å². The van der Waals surface area contributed by atoms with Crippen molar-refractivity contribution in [2.75, 3.05) is 19.8 Å². The van der Waals surface area contributed by atoms with Crippen LogP contribution in [0.25, 0.3) is 11.1 Å². The zero-order valence-electron chi connectivity index (χ0n) is 18.0. The third kappa shape index (κ3) is 5.78. The van der Waals surface area contributed by atoms with E-state index in [0.29, 0.717) is 6.61 Å². The van der Waals surface area contributed by atoms with Crippen molar-refractivity contribution < 1.29 is 29.0 Å².